The third-order valence-corrected chi connectivity index (χ3v) is 5.63. The predicted octanol–water partition coefficient (Wildman–Crippen LogP) is 3.59. The molecule has 2 N–H and O–H groups in total. The molecule has 0 aliphatic heterocycles. The third kappa shape index (κ3) is 4.53. The number of aromatic amines is 1. The smallest absolute Gasteiger partial charge is 0.233 e. The van der Waals surface area contributed by atoms with Crippen molar-refractivity contribution in [3.63, 3.8) is 0 Å². The Morgan fingerprint density at radius 3 is 2.62 bits per heavy atom. The van der Waals surface area contributed by atoms with Crippen molar-refractivity contribution in [3.05, 3.63) is 41.0 Å². The number of carbonyl (C=O) groups is 1. The van der Waals surface area contributed by atoms with Crippen LogP contribution in [0.25, 0.3) is 16.7 Å². The molecule has 154 valence electrons. The Balaban J connectivity index is 2.01. The maximum atomic E-state index is 12.8. The molecule has 2 aromatic heterocycles. The summed E-state index contributed by atoms with van der Waals surface area (Å²) in [6, 6.07) is 7.97. The normalized spacial score (nSPS) is 11.2. The van der Waals surface area contributed by atoms with E-state index in [2.05, 4.69) is 29.0 Å². The Morgan fingerprint density at radius 1 is 1.24 bits per heavy atom. The zero-order valence-electron chi connectivity index (χ0n) is 17.5. The first kappa shape index (κ1) is 21.1. The number of aryl methyl sites for hydroxylation is 2. The monoisotopic (exact) mass is 412 g/mol. The summed E-state index contributed by atoms with van der Waals surface area (Å²) in [5.41, 5.74) is 3.59. The van der Waals surface area contributed by atoms with Crippen LogP contribution in [-0.2, 0) is 4.79 Å². The number of rotatable bonds is 8. The Kier molecular flexibility index (Phi) is 6.74. The lowest BCUT2D eigenvalue weighted by molar-refractivity contribution is -0.128. The molecule has 0 saturated carbocycles. The largest absolute Gasteiger partial charge is 0.342 e. The van der Waals surface area contributed by atoms with E-state index in [9.17, 15) is 4.79 Å². The van der Waals surface area contributed by atoms with Gasteiger partial charge in [0.1, 0.15) is 5.49 Å². The highest BCUT2D eigenvalue weighted by atomic mass is 32.2. The fraction of sp³-hybridized carbons (Fsp3) is 0.429. The van der Waals surface area contributed by atoms with Gasteiger partial charge in [-0.05, 0) is 44.4 Å². The van der Waals surface area contributed by atoms with Gasteiger partial charge in [-0.3, -0.25) is 19.9 Å². The van der Waals surface area contributed by atoms with Gasteiger partial charge in [0.25, 0.3) is 0 Å². The summed E-state index contributed by atoms with van der Waals surface area (Å²) in [5.74, 6) is 0.383. The van der Waals surface area contributed by atoms with Crippen LogP contribution in [0.3, 0.4) is 0 Å². The summed E-state index contributed by atoms with van der Waals surface area (Å²) in [4.78, 5) is 19.3. The quantitative estimate of drug-likeness (QED) is 0.437. The van der Waals surface area contributed by atoms with Gasteiger partial charge in [-0.2, -0.15) is 5.10 Å². The fourth-order valence-electron chi connectivity index (χ4n) is 3.35. The highest BCUT2D eigenvalue weighted by Gasteiger charge is 2.18. The van der Waals surface area contributed by atoms with Crippen molar-refractivity contribution in [2.24, 2.45) is 0 Å². The third-order valence-electron chi connectivity index (χ3n) is 4.71. The van der Waals surface area contributed by atoms with Crippen molar-refractivity contribution >= 4 is 28.7 Å². The second-order valence-electron chi connectivity index (χ2n) is 7.13. The molecular formula is C21H28N6OS. The van der Waals surface area contributed by atoms with E-state index in [4.69, 9.17) is 5.41 Å². The molecule has 3 aromatic rings. The average Bonchev–Trinajstić information content (AvgIpc) is 3.07. The van der Waals surface area contributed by atoms with E-state index in [1.807, 2.05) is 43.0 Å². The number of aromatic nitrogens is 4. The molecule has 0 atom stereocenters. The van der Waals surface area contributed by atoms with Crippen molar-refractivity contribution in [2.75, 3.05) is 18.8 Å². The van der Waals surface area contributed by atoms with Gasteiger partial charge < -0.3 is 4.90 Å². The van der Waals surface area contributed by atoms with Crippen LogP contribution in [-0.4, -0.2) is 49.4 Å². The Hall–Kier alpha value is -2.61. The lowest BCUT2D eigenvalue weighted by atomic mass is 10.2. The van der Waals surface area contributed by atoms with Gasteiger partial charge in [0.15, 0.2) is 10.8 Å². The average molecular weight is 413 g/mol. The van der Waals surface area contributed by atoms with Crippen molar-refractivity contribution < 1.29 is 4.79 Å². The molecule has 0 radical (unpaired) electrons. The molecular weight excluding hydrogens is 384 g/mol. The Labute approximate surface area is 175 Å². The lowest BCUT2D eigenvalue weighted by Crippen LogP contribution is -2.34. The molecule has 0 fully saturated rings. The number of amides is 1. The molecule has 1 amide bonds. The first-order valence-corrected chi connectivity index (χ1v) is 10.9. The zero-order chi connectivity index (χ0) is 21.0. The number of hydrogen-bond acceptors (Lipinski definition) is 5. The molecule has 0 spiro atoms. The second-order valence-corrected chi connectivity index (χ2v) is 8.08. The van der Waals surface area contributed by atoms with Crippen LogP contribution in [0.5, 0.6) is 0 Å². The van der Waals surface area contributed by atoms with Crippen LogP contribution in [0.2, 0.25) is 0 Å². The molecule has 0 aliphatic rings. The molecule has 0 aliphatic carbocycles. The first-order valence-electron chi connectivity index (χ1n) is 9.96. The summed E-state index contributed by atoms with van der Waals surface area (Å²) >= 11 is 1.36. The maximum Gasteiger partial charge on any atom is 0.233 e. The molecule has 8 heteroatoms. The van der Waals surface area contributed by atoms with Crippen LogP contribution >= 0.6 is 11.8 Å². The van der Waals surface area contributed by atoms with E-state index in [-0.39, 0.29) is 11.7 Å². The van der Waals surface area contributed by atoms with Gasteiger partial charge in [-0.1, -0.05) is 37.7 Å². The number of hydrogen-bond donors (Lipinski definition) is 2. The van der Waals surface area contributed by atoms with E-state index in [0.29, 0.717) is 21.7 Å². The van der Waals surface area contributed by atoms with Crippen LogP contribution in [0.4, 0.5) is 0 Å². The summed E-state index contributed by atoms with van der Waals surface area (Å²) in [5, 5.41) is 17.3. The van der Waals surface area contributed by atoms with E-state index < -0.39 is 0 Å². The topological polar surface area (TPSA) is 90.7 Å². The summed E-state index contributed by atoms with van der Waals surface area (Å²) in [6.07, 6.45) is 1.88. The minimum absolute atomic E-state index is 0.0983. The van der Waals surface area contributed by atoms with Crippen LogP contribution in [0.1, 0.15) is 37.9 Å². The summed E-state index contributed by atoms with van der Waals surface area (Å²) < 4.78 is 1.81. The summed E-state index contributed by atoms with van der Waals surface area (Å²) in [6.45, 7) is 9.60. The minimum Gasteiger partial charge on any atom is -0.342 e. The first-order chi connectivity index (χ1) is 14.0. The van der Waals surface area contributed by atoms with Crippen molar-refractivity contribution in [3.8, 4) is 5.69 Å². The van der Waals surface area contributed by atoms with Gasteiger partial charge in [-0.15, -0.1) is 0 Å². The molecule has 29 heavy (non-hydrogen) atoms. The zero-order valence-corrected chi connectivity index (χ0v) is 18.3. The van der Waals surface area contributed by atoms with Crippen molar-refractivity contribution in [2.45, 2.75) is 45.7 Å². The van der Waals surface area contributed by atoms with Crippen LogP contribution in [0, 0.1) is 19.3 Å². The maximum absolute atomic E-state index is 12.8. The number of fused-ring (bicyclic) bond motifs is 1. The number of H-pyrrole nitrogens is 1. The molecule has 7 nitrogen and oxygen atoms in total. The number of carbonyl (C=O) groups excluding carboxylic acids is 1. The van der Waals surface area contributed by atoms with Crippen LogP contribution < -0.4 is 5.49 Å². The number of nitrogens with one attached hydrogen (secondary N) is 2. The second kappa shape index (κ2) is 9.26. The van der Waals surface area contributed by atoms with E-state index in [1.54, 1.807) is 4.57 Å². The van der Waals surface area contributed by atoms with E-state index >= 15 is 0 Å². The molecule has 1 aromatic carbocycles. The highest BCUT2D eigenvalue weighted by molar-refractivity contribution is 7.99. The van der Waals surface area contributed by atoms with Crippen molar-refractivity contribution in [1.29, 1.82) is 5.41 Å². The van der Waals surface area contributed by atoms with Gasteiger partial charge in [0, 0.05) is 24.5 Å². The number of thioether (sulfide) groups is 1. The van der Waals surface area contributed by atoms with Crippen LogP contribution in [0.15, 0.2) is 29.4 Å². The fourth-order valence-corrected chi connectivity index (χ4v) is 4.26. The standard InChI is InChI=1S/C21H28N6OS/c1-5-10-26(11-6-2)17(28)13-29-21-23-20-18(15(4)24-25-20)19(22)27(21)16-9-7-8-14(3)12-16/h7-9,12,22H,5-6,10-11,13H2,1-4H3,(H,24,25). The van der Waals surface area contributed by atoms with Gasteiger partial charge in [0.2, 0.25) is 5.91 Å². The number of nitrogens with zero attached hydrogens (tertiary/aromatic N) is 4. The minimum atomic E-state index is 0.0983. The molecule has 2 heterocycles. The molecule has 3 rings (SSSR count). The number of benzene rings is 1. The molecule has 0 saturated heterocycles. The van der Waals surface area contributed by atoms with Gasteiger partial charge in [0.05, 0.1) is 11.1 Å². The SMILES string of the molecule is CCCN(CCC)C(=O)CSc1nc2n[nH]c(C)c2c(=N)n1-c1cccc(C)c1. The Bertz CT molecular complexity index is 1060. The highest BCUT2D eigenvalue weighted by Crippen LogP contribution is 2.22. The predicted molar refractivity (Wildman–Crippen MR) is 116 cm³/mol. The molecule has 0 unspecified atom stereocenters. The van der Waals surface area contributed by atoms with Gasteiger partial charge in [-0.25, -0.2) is 4.98 Å². The lowest BCUT2D eigenvalue weighted by Gasteiger charge is -2.21. The van der Waals surface area contributed by atoms with E-state index in [1.165, 1.54) is 11.8 Å². The molecule has 0 bridgehead atoms. The van der Waals surface area contributed by atoms with E-state index in [0.717, 1.165) is 42.9 Å². The van der Waals surface area contributed by atoms with Crippen molar-refractivity contribution in [1.82, 2.24) is 24.6 Å². The summed E-state index contributed by atoms with van der Waals surface area (Å²) in [7, 11) is 0. The Morgan fingerprint density at radius 2 is 1.97 bits per heavy atom. The van der Waals surface area contributed by atoms with Gasteiger partial charge >= 0.3 is 0 Å².